The van der Waals surface area contributed by atoms with Gasteiger partial charge in [0.1, 0.15) is 6.61 Å². The molecule has 0 amide bonds. The molecule has 73 heavy (non-hydrogen) atoms. The van der Waals surface area contributed by atoms with Gasteiger partial charge in [-0.3, -0.25) is 0 Å². The Morgan fingerprint density at radius 2 is 0.288 bits per heavy atom. The van der Waals surface area contributed by atoms with Crippen molar-refractivity contribution in [2.75, 3.05) is 312 Å². The van der Waals surface area contributed by atoms with Crippen molar-refractivity contribution in [1.82, 2.24) is 0 Å². The van der Waals surface area contributed by atoms with Crippen molar-refractivity contribution < 1.29 is 118 Å². The van der Waals surface area contributed by atoms with E-state index in [2.05, 4.69) is 4.74 Å². The molecule has 0 atom stereocenters. The maximum atomic E-state index is 10.9. The number of rotatable bonds is 68. The van der Waals surface area contributed by atoms with E-state index in [1.165, 1.54) is 7.11 Å². The van der Waals surface area contributed by atoms with Gasteiger partial charge in [0.2, 0.25) is 0 Å². The molecule has 0 bridgehead atoms. The van der Waals surface area contributed by atoms with Gasteiger partial charge < -0.3 is 114 Å². The summed E-state index contributed by atoms with van der Waals surface area (Å²) >= 11 is 0. The lowest BCUT2D eigenvalue weighted by Crippen LogP contribution is -2.16. The Hall–Kier alpha value is -1.45. The minimum atomic E-state index is -0.413. The molecule has 0 radical (unpaired) electrons. The third kappa shape index (κ3) is 68.5. The van der Waals surface area contributed by atoms with Gasteiger partial charge in [-0.05, 0) is 0 Å². The van der Waals surface area contributed by atoms with Gasteiger partial charge in [-0.2, -0.15) is 0 Å². The molecule has 0 N–H and O–H groups in total. The SMILES string of the molecule is COCCOCCOCCOCCOCCOCCOCCOCCOCCOCCOCCOCCOCCOCCOCCOCCOCCOCCOCCOCCOCCOCCOCC(=O)OC. The van der Waals surface area contributed by atoms with Crippen LogP contribution in [0.1, 0.15) is 0 Å². The summed E-state index contributed by atoms with van der Waals surface area (Å²) in [6.07, 6.45) is 0. The molecular weight excluding hydrogens is 977 g/mol. The van der Waals surface area contributed by atoms with E-state index in [1.54, 1.807) is 7.11 Å². The quantitative estimate of drug-likeness (QED) is 0.0583. The Balaban J connectivity index is 3.08. The highest BCUT2D eigenvalue weighted by Gasteiger charge is 2.01. The van der Waals surface area contributed by atoms with Gasteiger partial charge in [0, 0.05) is 7.11 Å². The van der Waals surface area contributed by atoms with E-state index >= 15 is 0 Å². The first-order chi connectivity index (χ1) is 36.3. The third-order valence-corrected chi connectivity index (χ3v) is 8.69. The molecule has 0 heterocycles. The topological polar surface area (TPSA) is 239 Å². The molecular formula is C48H96O25. The van der Waals surface area contributed by atoms with E-state index in [1.807, 2.05) is 0 Å². The largest absolute Gasteiger partial charge is 0.467 e. The third-order valence-electron chi connectivity index (χ3n) is 8.69. The molecule has 0 spiro atoms. The van der Waals surface area contributed by atoms with Crippen LogP contribution in [0.2, 0.25) is 0 Å². The van der Waals surface area contributed by atoms with E-state index in [4.69, 9.17) is 109 Å². The number of hydrogen-bond donors (Lipinski definition) is 0. The fraction of sp³-hybridized carbons (Fsp3) is 0.979. The predicted octanol–water partition coefficient (Wildman–Crippen LogP) is 0.171. The average Bonchev–Trinajstić information content (AvgIpc) is 3.40. The van der Waals surface area contributed by atoms with Crippen LogP contribution in [0.5, 0.6) is 0 Å². The Morgan fingerprint density at radius 3 is 0.397 bits per heavy atom. The maximum Gasteiger partial charge on any atom is 0.331 e. The zero-order valence-electron chi connectivity index (χ0n) is 44.5. The molecule has 0 aliphatic carbocycles. The van der Waals surface area contributed by atoms with Gasteiger partial charge in [0.25, 0.3) is 0 Å². The van der Waals surface area contributed by atoms with Crippen molar-refractivity contribution in [3.05, 3.63) is 0 Å². The fourth-order valence-corrected chi connectivity index (χ4v) is 4.97. The van der Waals surface area contributed by atoms with Gasteiger partial charge in [-0.1, -0.05) is 0 Å². The van der Waals surface area contributed by atoms with E-state index in [0.29, 0.717) is 291 Å². The molecule has 25 heteroatoms. The second-order valence-corrected chi connectivity index (χ2v) is 14.5. The molecule has 0 aromatic rings. The molecule has 0 saturated carbocycles. The van der Waals surface area contributed by atoms with Crippen molar-refractivity contribution in [3.8, 4) is 0 Å². The van der Waals surface area contributed by atoms with Crippen LogP contribution in [-0.2, 0) is 118 Å². The highest BCUT2D eigenvalue weighted by atomic mass is 16.6. The molecule has 0 saturated heterocycles. The molecule has 0 unspecified atom stereocenters. The van der Waals surface area contributed by atoms with Gasteiger partial charge in [-0.15, -0.1) is 0 Å². The summed E-state index contributed by atoms with van der Waals surface area (Å²) in [5.41, 5.74) is 0. The van der Waals surface area contributed by atoms with Crippen LogP contribution >= 0.6 is 0 Å². The van der Waals surface area contributed by atoms with Gasteiger partial charge in [0.15, 0.2) is 0 Å². The lowest BCUT2D eigenvalue weighted by Gasteiger charge is -2.09. The van der Waals surface area contributed by atoms with Crippen molar-refractivity contribution >= 4 is 5.97 Å². The van der Waals surface area contributed by atoms with Crippen molar-refractivity contribution in [2.45, 2.75) is 0 Å². The van der Waals surface area contributed by atoms with Gasteiger partial charge in [-0.25, -0.2) is 4.79 Å². The minimum absolute atomic E-state index is 0.0776. The molecule has 25 nitrogen and oxygen atoms in total. The molecule has 0 rings (SSSR count). The van der Waals surface area contributed by atoms with Crippen molar-refractivity contribution in [1.29, 1.82) is 0 Å². The second kappa shape index (κ2) is 68.6. The van der Waals surface area contributed by atoms with Crippen molar-refractivity contribution in [2.24, 2.45) is 0 Å². The molecule has 0 fully saturated rings. The molecule has 438 valence electrons. The Kier molecular flexibility index (Phi) is 67.2. The van der Waals surface area contributed by atoms with E-state index in [9.17, 15) is 4.79 Å². The number of ether oxygens (including phenoxy) is 24. The summed E-state index contributed by atoms with van der Waals surface area (Å²) in [5, 5.41) is 0. The van der Waals surface area contributed by atoms with Crippen LogP contribution in [0.3, 0.4) is 0 Å². The summed E-state index contributed by atoms with van der Waals surface area (Å²) in [7, 11) is 2.96. The van der Waals surface area contributed by atoms with Crippen LogP contribution in [0.15, 0.2) is 0 Å². The fourth-order valence-electron chi connectivity index (χ4n) is 4.97. The first-order valence-electron chi connectivity index (χ1n) is 25.6. The first-order valence-corrected chi connectivity index (χ1v) is 25.6. The number of carbonyl (C=O) groups excluding carboxylic acids is 1. The Morgan fingerprint density at radius 1 is 0.178 bits per heavy atom. The molecule has 0 aromatic heterocycles. The smallest absolute Gasteiger partial charge is 0.331 e. The standard InChI is InChI=1S/C48H96O25/c1-50-3-4-52-5-6-53-7-8-54-9-10-55-11-12-56-13-14-57-15-16-58-17-18-59-19-20-60-21-22-61-23-24-62-25-26-63-27-28-64-29-30-65-31-32-66-33-34-67-35-36-68-37-38-69-39-40-70-41-42-71-43-44-72-45-46-73-47-48(49)51-2/h3-47H2,1-2H3. The first kappa shape index (κ1) is 71.5. The zero-order chi connectivity index (χ0) is 52.4. The highest BCUT2D eigenvalue weighted by molar-refractivity contribution is 5.70. The minimum Gasteiger partial charge on any atom is -0.467 e. The van der Waals surface area contributed by atoms with E-state index in [0.717, 1.165) is 0 Å². The van der Waals surface area contributed by atoms with E-state index in [-0.39, 0.29) is 6.61 Å². The number of carbonyl (C=O) groups is 1. The number of esters is 1. The van der Waals surface area contributed by atoms with E-state index < -0.39 is 5.97 Å². The number of methoxy groups -OCH3 is 2. The highest BCUT2D eigenvalue weighted by Crippen LogP contribution is 1.91. The van der Waals surface area contributed by atoms with Crippen LogP contribution in [0, 0.1) is 0 Å². The summed E-state index contributed by atoms with van der Waals surface area (Å²) in [5.74, 6) is -0.413. The lowest BCUT2D eigenvalue weighted by atomic mass is 10.6. The molecule has 0 aliphatic heterocycles. The maximum absolute atomic E-state index is 10.9. The lowest BCUT2D eigenvalue weighted by molar-refractivity contribution is -0.146. The summed E-state index contributed by atoms with van der Waals surface area (Å²) < 4.78 is 129. The van der Waals surface area contributed by atoms with Gasteiger partial charge in [0.05, 0.1) is 298 Å². The summed E-state index contributed by atoms with van der Waals surface area (Å²) in [4.78, 5) is 10.9. The summed E-state index contributed by atoms with van der Waals surface area (Å²) in [6.45, 7) is 21.4. The predicted molar refractivity (Wildman–Crippen MR) is 262 cm³/mol. The number of hydrogen-bond acceptors (Lipinski definition) is 25. The Bertz CT molecular complexity index is 998. The van der Waals surface area contributed by atoms with Crippen LogP contribution in [0.25, 0.3) is 0 Å². The Labute approximate surface area is 435 Å². The van der Waals surface area contributed by atoms with Crippen LogP contribution in [0.4, 0.5) is 0 Å². The zero-order valence-corrected chi connectivity index (χ0v) is 44.5. The normalized spacial score (nSPS) is 11.6. The molecule has 0 aromatic carbocycles. The van der Waals surface area contributed by atoms with Gasteiger partial charge >= 0.3 is 5.97 Å². The average molecular weight is 1070 g/mol. The second-order valence-electron chi connectivity index (χ2n) is 14.5. The monoisotopic (exact) mass is 1070 g/mol. The van der Waals surface area contributed by atoms with Crippen LogP contribution in [-0.4, -0.2) is 317 Å². The van der Waals surface area contributed by atoms with Crippen molar-refractivity contribution in [3.63, 3.8) is 0 Å². The van der Waals surface area contributed by atoms with Crippen LogP contribution < -0.4 is 0 Å². The molecule has 0 aliphatic rings. The summed E-state index contributed by atoms with van der Waals surface area (Å²) in [6, 6.07) is 0.